The number of carboxylic acids is 1. The van der Waals surface area contributed by atoms with Crippen molar-refractivity contribution in [2.45, 2.75) is 6.54 Å². The van der Waals surface area contributed by atoms with Crippen LogP contribution in [0.2, 0.25) is 0 Å². The van der Waals surface area contributed by atoms with Gasteiger partial charge in [0, 0.05) is 6.54 Å². The Labute approximate surface area is 105 Å². The Kier molecular flexibility index (Phi) is 5.56. The Bertz CT molecular complexity index is 381. The molecule has 0 bridgehead atoms. The summed E-state index contributed by atoms with van der Waals surface area (Å²) in [7, 11) is 0. The van der Waals surface area contributed by atoms with Gasteiger partial charge in [-0.3, -0.25) is 9.59 Å². The topological polar surface area (TPSA) is 57.6 Å². The number of nitrogens with zero attached hydrogens (tertiary/aromatic N) is 1. The zero-order valence-corrected chi connectivity index (χ0v) is 10.4. The molecule has 17 heavy (non-hydrogen) atoms. The summed E-state index contributed by atoms with van der Waals surface area (Å²) in [6.45, 7) is 0.0841. The maximum Gasteiger partial charge on any atom is 0.323 e. The zero-order chi connectivity index (χ0) is 12.7. The van der Waals surface area contributed by atoms with Crippen LogP contribution in [-0.4, -0.2) is 40.4 Å². The molecule has 1 rings (SSSR count). The van der Waals surface area contributed by atoms with E-state index in [2.05, 4.69) is 0 Å². The number of aliphatic carboxylic acids is 1. The van der Waals surface area contributed by atoms with E-state index in [0.717, 1.165) is 5.56 Å². The van der Waals surface area contributed by atoms with Gasteiger partial charge in [0.25, 0.3) is 0 Å². The average molecular weight is 253 g/mol. The van der Waals surface area contributed by atoms with Gasteiger partial charge in [-0.05, 0) is 11.8 Å². The summed E-state index contributed by atoms with van der Waals surface area (Å²) in [5.74, 6) is -0.834. The number of thioether (sulfide) groups is 1. The molecule has 0 atom stereocenters. The first-order chi connectivity index (χ1) is 8.13. The first-order valence-electron chi connectivity index (χ1n) is 5.16. The summed E-state index contributed by atoms with van der Waals surface area (Å²) in [4.78, 5) is 23.8. The fourth-order valence-corrected chi connectivity index (χ4v) is 1.84. The molecular formula is C12H15NO3S. The normalized spacial score (nSPS) is 9.94. The summed E-state index contributed by atoms with van der Waals surface area (Å²) in [5.41, 5.74) is 0.934. The monoisotopic (exact) mass is 253 g/mol. The van der Waals surface area contributed by atoms with Crippen molar-refractivity contribution >= 4 is 23.6 Å². The van der Waals surface area contributed by atoms with Crippen LogP contribution in [0.5, 0.6) is 0 Å². The van der Waals surface area contributed by atoms with Crippen molar-refractivity contribution in [3.63, 3.8) is 0 Å². The van der Waals surface area contributed by atoms with E-state index < -0.39 is 5.97 Å². The van der Waals surface area contributed by atoms with Crippen molar-refractivity contribution in [2.75, 3.05) is 18.6 Å². The quantitative estimate of drug-likeness (QED) is 0.834. The Hall–Kier alpha value is -1.49. The van der Waals surface area contributed by atoms with E-state index in [-0.39, 0.29) is 12.5 Å². The highest BCUT2D eigenvalue weighted by atomic mass is 32.2. The Morgan fingerprint density at radius 1 is 1.29 bits per heavy atom. The first kappa shape index (κ1) is 13.6. The lowest BCUT2D eigenvalue weighted by molar-refractivity contribution is -0.143. The minimum absolute atomic E-state index is 0.149. The van der Waals surface area contributed by atoms with Crippen molar-refractivity contribution in [2.24, 2.45) is 0 Å². The van der Waals surface area contributed by atoms with Gasteiger partial charge in [-0.1, -0.05) is 30.3 Å². The molecule has 0 radical (unpaired) electrons. The largest absolute Gasteiger partial charge is 0.480 e. The predicted octanol–water partition coefficient (Wildman–Crippen LogP) is 1.46. The molecule has 5 heteroatoms. The SMILES string of the molecule is CSCC(=O)N(CC(=O)O)Cc1ccccc1. The zero-order valence-electron chi connectivity index (χ0n) is 9.63. The van der Waals surface area contributed by atoms with Gasteiger partial charge in [0.05, 0.1) is 5.75 Å². The fraction of sp³-hybridized carbons (Fsp3) is 0.333. The number of hydrogen-bond acceptors (Lipinski definition) is 3. The number of benzene rings is 1. The van der Waals surface area contributed by atoms with Crippen molar-refractivity contribution in [3.8, 4) is 0 Å². The fourth-order valence-electron chi connectivity index (χ4n) is 1.41. The second-order valence-corrected chi connectivity index (χ2v) is 4.43. The summed E-state index contributed by atoms with van der Waals surface area (Å²) in [6.07, 6.45) is 1.82. The number of hydrogen-bond donors (Lipinski definition) is 1. The van der Waals surface area contributed by atoms with Crippen LogP contribution < -0.4 is 0 Å². The van der Waals surface area contributed by atoms with E-state index in [0.29, 0.717) is 12.3 Å². The van der Waals surface area contributed by atoms with Crippen LogP contribution in [0.4, 0.5) is 0 Å². The van der Waals surface area contributed by atoms with E-state index >= 15 is 0 Å². The molecule has 92 valence electrons. The Balaban J connectivity index is 2.70. The number of rotatable bonds is 6. The van der Waals surface area contributed by atoms with Crippen LogP contribution >= 0.6 is 11.8 Å². The maximum atomic E-state index is 11.7. The average Bonchev–Trinajstić information content (AvgIpc) is 2.29. The van der Waals surface area contributed by atoms with Crippen molar-refractivity contribution < 1.29 is 14.7 Å². The van der Waals surface area contributed by atoms with Gasteiger partial charge in [0.2, 0.25) is 5.91 Å². The molecule has 0 aliphatic rings. The minimum Gasteiger partial charge on any atom is -0.480 e. The molecule has 0 aliphatic heterocycles. The molecule has 1 N–H and O–H groups in total. The van der Waals surface area contributed by atoms with Gasteiger partial charge in [-0.15, -0.1) is 0 Å². The summed E-state index contributed by atoms with van der Waals surface area (Å²) in [5, 5.41) is 8.78. The molecule has 4 nitrogen and oxygen atoms in total. The highest BCUT2D eigenvalue weighted by Crippen LogP contribution is 2.06. The van der Waals surface area contributed by atoms with Crippen LogP contribution in [0.15, 0.2) is 30.3 Å². The molecule has 0 aromatic heterocycles. The van der Waals surface area contributed by atoms with E-state index in [1.54, 1.807) is 0 Å². The van der Waals surface area contributed by atoms with Gasteiger partial charge < -0.3 is 10.0 Å². The Morgan fingerprint density at radius 2 is 1.94 bits per heavy atom. The molecule has 1 aromatic carbocycles. The molecule has 0 saturated carbocycles. The highest BCUT2D eigenvalue weighted by molar-refractivity contribution is 7.99. The lowest BCUT2D eigenvalue weighted by Crippen LogP contribution is -2.36. The van der Waals surface area contributed by atoms with Crippen molar-refractivity contribution in [3.05, 3.63) is 35.9 Å². The first-order valence-corrected chi connectivity index (χ1v) is 6.55. The van der Waals surface area contributed by atoms with Crippen LogP contribution in [0.3, 0.4) is 0 Å². The van der Waals surface area contributed by atoms with Crippen LogP contribution in [0.25, 0.3) is 0 Å². The van der Waals surface area contributed by atoms with Gasteiger partial charge in [-0.2, -0.15) is 11.8 Å². The standard InChI is InChI=1S/C12H15NO3S/c1-17-9-11(14)13(8-12(15)16)7-10-5-3-2-4-6-10/h2-6H,7-9H2,1H3,(H,15,16). The number of carbonyl (C=O) groups is 2. The molecule has 0 heterocycles. The van der Waals surface area contributed by atoms with Crippen LogP contribution in [-0.2, 0) is 16.1 Å². The van der Waals surface area contributed by atoms with Gasteiger partial charge in [-0.25, -0.2) is 0 Å². The minimum atomic E-state index is -0.990. The van der Waals surface area contributed by atoms with Crippen molar-refractivity contribution in [1.82, 2.24) is 4.90 Å². The van der Waals surface area contributed by atoms with Crippen LogP contribution in [0.1, 0.15) is 5.56 Å². The van der Waals surface area contributed by atoms with Crippen molar-refractivity contribution in [1.29, 1.82) is 0 Å². The lowest BCUT2D eigenvalue weighted by atomic mass is 10.2. The van der Waals surface area contributed by atoms with E-state index in [1.165, 1.54) is 16.7 Å². The van der Waals surface area contributed by atoms with Gasteiger partial charge >= 0.3 is 5.97 Å². The molecule has 1 aromatic rings. The third-order valence-electron chi connectivity index (χ3n) is 2.16. The molecular weight excluding hydrogens is 238 g/mol. The maximum absolute atomic E-state index is 11.7. The van der Waals surface area contributed by atoms with E-state index in [9.17, 15) is 9.59 Å². The third-order valence-corrected chi connectivity index (χ3v) is 2.70. The third kappa shape index (κ3) is 4.91. The molecule has 1 amide bonds. The smallest absolute Gasteiger partial charge is 0.323 e. The molecule has 0 unspecified atom stereocenters. The summed E-state index contributed by atoms with van der Waals surface area (Å²) < 4.78 is 0. The number of amides is 1. The molecule has 0 spiro atoms. The Morgan fingerprint density at radius 3 is 2.47 bits per heavy atom. The second-order valence-electron chi connectivity index (χ2n) is 3.56. The second kappa shape index (κ2) is 6.96. The number of carboxylic acid groups (broad SMARTS) is 1. The van der Waals surface area contributed by atoms with Gasteiger partial charge in [0.15, 0.2) is 0 Å². The highest BCUT2D eigenvalue weighted by Gasteiger charge is 2.16. The molecule has 0 saturated heterocycles. The van der Waals surface area contributed by atoms with Crippen LogP contribution in [0, 0.1) is 0 Å². The predicted molar refractivity (Wildman–Crippen MR) is 67.9 cm³/mol. The molecule has 0 fully saturated rings. The van der Waals surface area contributed by atoms with Gasteiger partial charge in [0.1, 0.15) is 6.54 Å². The van der Waals surface area contributed by atoms with E-state index in [1.807, 2.05) is 36.6 Å². The summed E-state index contributed by atoms with van der Waals surface area (Å²) in [6, 6.07) is 9.37. The van der Waals surface area contributed by atoms with E-state index in [4.69, 9.17) is 5.11 Å². The lowest BCUT2D eigenvalue weighted by Gasteiger charge is -2.20. The number of carbonyl (C=O) groups excluding carboxylic acids is 1. The summed E-state index contributed by atoms with van der Waals surface area (Å²) >= 11 is 1.39. The molecule has 0 aliphatic carbocycles.